The Bertz CT molecular complexity index is 609. The maximum Gasteiger partial charge on any atom is 0.234 e. The van der Waals surface area contributed by atoms with Crippen LogP contribution in [0.2, 0.25) is 0 Å². The molecule has 5 heteroatoms. The number of rotatable bonds is 4. The van der Waals surface area contributed by atoms with Crippen LogP contribution in [-0.2, 0) is 4.74 Å². The van der Waals surface area contributed by atoms with Gasteiger partial charge in [0.2, 0.25) is 11.7 Å². The lowest BCUT2D eigenvalue weighted by molar-refractivity contribution is 0.0555. The van der Waals surface area contributed by atoms with E-state index in [1.165, 1.54) is 5.56 Å². The van der Waals surface area contributed by atoms with Gasteiger partial charge in [-0.1, -0.05) is 37.2 Å². The number of nitrogens with one attached hydrogen (secondary N) is 1. The van der Waals surface area contributed by atoms with Gasteiger partial charge in [-0.2, -0.15) is 4.98 Å². The summed E-state index contributed by atoms with van der Waals surface area (Å²) in [6, 6.07) is 8.28. The van der Waals surface area contributed by atoms with Crippen molar-refractivity contribution >= 4 is 5.69 Å². The maximum absolute atomic E-state index is 5.53. The van der Waals surface area contributed by atoms with Crippen molar-refractivity contribution in [1.82, 2.24) is 10.1 Å². The van der Waals surface area contributed by atoms with Crippen LogP contribution in [0.4, 0.5) is 5.69 Å². The van der Waals surface area contributed by atoms with Gasteiger partial charge in [0.15, 0.2) is 0 Å². The molecular weight excluding hydrogens is 266 g/mol. The number of methoxy groups -OCH3 is 1. The SMILES string of the molecule is COC(c1noc(C2CCNc3ccccc32)n1)C(C)C. The van der Waals surface area contributed by atoms with Gasteiger partial charge in [-0.05, 0) is 24.0 Å². The van der Waals surface area contributed by atoms with Crippen LogP contribution in [0.1, 0.15) is 49.6 Å². The van der Waals surface area contributed by atoms with Gasteiger partial charge in [0.25, 0.3) is 0 Å². The molecule has 2 atom stereocenters. The zero-order chi connectivity index (χ0) is 14.8. The van der Waals surface area contributed by atoms with Crippen LogP contribution in [0.15, 0.2) is 28.8 Å². The van der Waals surface area contributed by atoms with Gasteiger partial charge in [-0.3, -0.25) is 0 Å². The smallest absolute Gasteiger partial charge is 0.234 e. The van der Waals surface area contributed by atoms with E-state index in [2.05, 4.69) is 41.4 Å². The Morgan fingerprint density at radius 1 is 1.33 bits per heavy atom. The number of hydrogen-bond acceptors (Lipinski definition) is 5. The molecule has 112 valence electrons. The average Bonchev–Trinajstić information content (AvgIpc) is 2.96. The van der Waals surface area contributed by atoms with Gasteiger partial charge < -0.3 is 14.6 Å². The third-order valence-corrected chi connectivity index (χ3v) is 3.95. The summed E-state index contributed by atoms with van der Waals surface area (Å²) in [5.41, 5.74) is 2.37. The Kier molecular flexibility index (Phi) is 3.92. The maximum atomic E-state index is 5.53. The largest absolute Gasteiger partial charge is 0.385 e. The molecule has 1 aromatic heterocycles. The number of hydrogen-bond donors (Lipinski definition) is 1. The van der Waals surface area contributed by atoms with Crippen molar-refractivity contribution in [2.45, 2.75) is 32.3 Å². The van der Waals surface area contributed by atoms with E-state index < -0.39 is 0 Å². The van der Waals surface area contributed by atoms with E-state index in [1.807, 2.05) is 12.1 Å². The van der Waals surface area contributed by atoms with Crippen LogP contribution in [-0.4, -0.2) is 23.8 Å². The highest BCUT2D eigenvalue weighted by atomic mass is 16.5. The molecule has 5 nitrogen and oxygen atoms in total. The van der Waals surface area contributed by atoms with Crippen LogP contribution in [0, 0.1) is 5.92 Å². The molecule has 2 aromatic rings. The first-order chi connectivity index (χ1) is 10.2. The molecular formula is C16H21N3O2. The van der Waals surface area contributed by atoms with Gasteiger partial charge in [0, 0.05) is 19.3 Å². The number of nitrogens with zero attached hydrogens (tertiary/aromatic N) is 2. The van der Waals surface area contributed by atoms with E-state index in [9.17, 15) is 0 Å². The van der Waals surface area contributed by atoms with Crippen LogP contribution in [0.3, 0.4) is 0 Å². The quantitative estimate of drug-likeness (QED) is 0.934. The Hall–Kier alpha value is -1.88. The van der Waals surface area contributed by atoms with Crippen molar-refractivity contribution in [3.8, 4) is 0 Å². The third-order valence-electron chi connectivity index (χ3n) is 3.95. The third kappa shape index (κ3) is 2.65. The first kappa shape index (κ1) is 14.1. The van der Waals surface area contributed by atoms with E-state index in [0.29, 0.717) is 17.6 Å². The minimum absolute atomic E-state index is 0.126. The van der Waals surface area contributed by atoms with Crippen LogP contribution in [0.25, 0.3) is 0 Å². The normalized spacial score (nSPS) is 19.1. The first-order valence-electron chi connectivity index (χ1n) is 7.39. The molecule has 0 amide bonds. The summed E-state index contributed by atoms with van der Waals surface area (Å²) in [5, 5.41) is 7.53. The van der Waals surface area contributed by atoms with Crippen molar-refractivity contribution in [3.63, 3.8) is 0 Å². The van der Waals surface area contributed by atoms with Crippen LogP contribution >= 0.6 is 0 Å². The summed E-state index contributed by atoms with van der Waals surface area (Å²) in [6.45, 7) is 5.09. The van der Waals surface area contributed by atoms with Crippen molar-refractivity contribution < 1.29 is 9.26 Å². The lowest BCUT2D eigenvalue weighted by Gasteiger charge is -2.23. The minimum atomic E-state index is -0.126. The Labute approximate surface area is 124 Å². The monoisotopic (exact) mass is 287 g/mol. The van der Waals surface area contributed by atoms with Gasteiger partial charge in [0.1, 0.15) is 6.10 Å². The van der Waals surface area contributed by atoms with Crippen molar-refractivity contribution in [3.05, 3.63) is 41.5 Å². The second-order valence-electron chi connectivity index (χ2n) is 5.75. The molecule has 0 saturated carbocycles. The number of fused-ring (bicyclic) bond motifs is 1. The van der Waals surface area contributed by atoms with E-state index >= 15 is 0 Å². The molecule has 3 rings (SSSR count). The number of para-hydroxylation sites is 1. The molecule has 0 bridgehead atoms. The molecule has 0 spiro atoms. The first-order valence-corrected chi connectivity index (χ1v) is 7.39. The molecule has 0 fully saturated rings. The molecule has 1 aromatic carbocycles. The van der Waals surface area contributed by atoms with E-state index in [4.69, 9.17) is 9.26 Å². The van der Waals surface area contributed by atoms with E-state index in [1.54, 1.807) is 7.11 Å². The summed E-state index contributed by atoms with van der Waals surface area (Å²) >= 11 is 0. The molecule has 1 N–H and O–H groups in total. The predicted octanol–water partition coefficient (Wildman–Crippen LogP) is 3.36. The average molecular weight is 287 g/mol. The molecule has 1 aliphatic heterocycles. The zero-order valence-electron chi connectivity index (χ0n) is 12.7. The molecule has 0 aliphatic carbocycles. The molecule has 0 radical (unpaired) electrons. The van der Waals surface area contributed by atoms with E-state index in [-0.39, 0.29) is 12.0 Å². The molecule has 2 heterocycles. The Balaban J connectivity index is 1.91. The molecule has 1 aliphatic rings. The summed E-state index contributed by atoms with van der Waals surface area (Å²) in [6.07, 6.45) is 0.831. The van der Waals surface area contributed by atoms with Gasteiger partial charge in [0.05, 0.1) is 5.92 Å². The van der Waals surface area contributed by atoms with E-state index in [0.717, 1.165) is 18.7 Å². The van der Waals surface area contributed by atoms with Crippen LogP contribution < -0.4 is 5.32 Å². The lowest BCUT2D eigenvalue weighted by Crippen LogP contribution is -2.18. The standard InChI is InChI=1S/C16H21N3O2/c1-10(2)14(20-3)15-18-16(21-19-15)12-8-9-17-13-7-5-4-6-11(12)13/h4-7,10,12,14,17H,8-9H2,1-3H3. The highest BCUT2D eigenvalue weighted by Crippen LogP contribution is 2.36. The summed E-state index contributed by atoms with van der Waals surface area (Å²) in [5.74, 6) is 1.79. The molecule has 21 heavy (non-hydrogen) atoms. The molecule has 0 saturated heterocycles. The fourth-order valence-electron chi connectivity index (χ4n) is 2.91. The number of aromatic nitrogens is 2. The highest BCUT2D eigenvalue weighted by Gasteiger charge is 2.28. The van der Waals surface area contributed by atoms with Crippen molar-refractivity contribution in [2.24, 2.45) is 5.92 Å². The summed E-state index contributed by atoms with van der Waals surface area (Å²) in [4.78, 5) is 4.59. The van der Waals surface area contributed by atoms with Crippen molar-refractivity contribution in [1.29, 1.82) is 0 Å². The highest BCUT2D eigenvalue weighted by molar-refractivity contribution is 5.56. The van der Waals surface area contributed by atoms with Gasteiger partial charge in [-0.15, -0.1) is 0 Å². The fraction of sp³-hybridized carbons (Fsp3) is 0.500. The second-order valence-corrected chi connectivity index (χ2v) is 5.75. The second kappa shape index (κ2) is 5.85. The zero-order valence-corrected chi connectivity index (χ0v) is 12.7. The summed E-state index contributed by atoms with van der Waals surface area (Å²) < 4.78 is 11.0. The number of anilines is 1. The lowest BCUT2D eigenvalue weighted by atomic mass is 9.91. The fourth-order valence-corrected chi connectivity index (χ4v) is 2.91. The topological polar surface area (TPSA) is 60.2 Å². The van der Waals surface area contributed by atoms with Gasteiger partial charge in [-0.25, -0.2) is 0 Å². The van der Waals surface area contributed by atoms with Crippen LogP contribution in [0.5, 0.6) is 0 Å². The van der Waals surface area contributed by atoms with Gasteiger partial charge >= 0.3 is 0 Å². The Morgan fingerprint density at radius 2 is 2.14 bits per heavy atom. The predicted molar refractivity (Wildman–Crippen MR) is 80.3 cm³/mol. The summed E-state index contributed by atoms with van der Waals surface area (Å²) in [7, 11) is 1.68. The molecule has 2 unspecified atom stereocenters. The number of ether oxygens (including phenoxy) is 1. The minimum Gasteiger partial charge on any atom is -0.385 e. The number of benzene rings is 1. The Morgan fingerprint density at radius 3 is 2.90 bits per heavy atom. The van der Waals surface area contributed by atoms with Crippen molar-refractivity contribution in [2.75, 3.05) is 19.0 Å².